The van der Waals surface area contributed by atoms with Gasteiger partial charge in [0, 0.05) is 32.1 Å². The van der Waals surface area contributed by atoms with Gasteiger partial charge in [0.15, 0.2) is 0 Å². The van der Waals surface area contributed by atoms with Gasteiger partial charge in [-0.25, -0.2) is 0 Å². The maximum Gasteiger partial charge on any atom is 0.306 e. The Balaban J connectivity index is 1.57. The lowest BCUT2D eigenvalue weighted by Gasteiger charge is -2.34. The highest BCUT2D eigenvalue weighted by molar-refractivity contribution is 5.89. The van der Waals surface area contributed by atoms with Crippen molar-refractivity contribution < 1.29 is 24.2 Å². The predicted molar refractivity (Wildman–Crippen MR) is 89.9 cm³/mol. The number of aliphatic carboxylic acids is 1. The lowest BCUT2D eigenvalue weighted by Crippen LogP contribution is -2.48. The number of nitrogens with zero attached hydrogens (tertiary/aromatic N) is 2. The monoisotopic (exact) mass is 352 g/mol. The molecule has 1 aliphatic carbocycles. The first kappa shape index (κ1) is 18.2. The van der Waals surface area contributed by atoms with Gasteiger partial charge in [-0.1, -0.05) is 25.7 Å². The Hall–Kier alpha value is -1.63. The molecular formula is C18H28N2O5. The van der Waals surface area contributed by atoms with Gasteiger partial charge in [0.05, 0.1) is 25.0 Å². The first-order valence-corrected chi connectivity index (χ1v) is 9.46. The molecule has 2 amide bonds. The number of carbonyl (C=O) groups excluding carboxylic acids is 2. The second kappa shape index (κ2) is 8.17. The van der Waals surface area contributed by atoms with Crippen molar-refractivity contribution in [3.63, 3.8) is 0 Å². The van der Waals surface area contributed by atoms with E-state index >= 15 is 0 Å². The van der Waals surface area contributed by atoms with E-state index in [9.17, 15) is 14.4 Å². The first-order chi connectivity index (χ1) is 12.0. The number of likely N-dealkylation sites (tertiary alicyclic amines) is 1. The van der Waals surface area contributed by atoms with Crippen molar-refractivity contribution in [1.82, 2.24) is 9.80 Å². The van der Waals surface area contributed by atoms with Gasteiger partial charge in [-0.3, -0.25) is 14.4 Å². The summed E-state index contributed by atoms with van der Waals surface area (Å²) in [7, 11) is 0. The number of morpholine rings is 1. The molecule has 1 N–H and O–H groups in total. The van der Waals surface area contributed by atoms with Gasteiger partial charge in [-0.15, -0.1) is 0 Å². The second-order valence-electron chi connectivity index (χ2n) is 7.47. The molecule has 0 aromatic heterocycles. The molecule has 2 atom stereocenters. The van der Waals surface area contributed by atoms with Gasteiger partial charge in [-0.05, 0) is 12.8 Å². The summed E-state index contributed by atoms with van der Waals surface area (Å²) in [4.78, 5) is 39.7. The van der Waals surface area contributed by atoms with Gasteiger partial charge < -0.3 is 19.6 Å². The number of ether oxygens (including phenoxy) is 1. The Morgan fingerprint density at radius 1 is 1.12 bits per heavy atom. The van der Waals surface area contributed by atoms with E-state index in [1.54, 1.807) is 4.90 Å². The van der Waals surface area contributed by atoms with Crippen LogP contribution in [0.4, 0.5) is 0 Å². The minimum Gasteiger partial charge on any atom is -0.481 e. The van der Waals surface area contributed by atoms with Crippen LogP contribution in [0.1, 0.15) is 51.4 Å². The number of rotatable bonds is 4. The molecule has 7 nitrogen and oxygen atoms in total. The number of hydrogen-bond acceptors (Lipinski definition) is 4. The SMILES string of the molecule is O=C(O)C[C@H]1CN(C(=O)[C@H]2CC(=O)N(C3CCCCCC3)C2)CCO1. The zero-order valence-electron chi connectivity index (χ0n) is 14.7. The number of hydrogen-bond donors (Lipinski definition) is 1. The maximum atomic E-state index is 12.8. The quantitative estimate of drug-likeness (QED) is 0.770. The minimum atomic E-state index is -0.921. The minimum absolute atomic E-state index is 0.0249. The predicted octanol–water partition coefficient (Wildman–Crippen LogP) is 1.26. The molecule has 0 radical (unpaired) electrons. The molecule has 1 saturated carbocycles. The van der Waals surface area contributed by atoms with Crippen molar-refractivity contribution in [2.75, 3.05) is 26.2 Å². The summed E-state index contributed by atoms with van der Waals surface area (Å²) in [5.74, 6) is -1.14. The number of carboxylic acid groups (broad SMARTS) is 1. The van der Waals surface area contributed by atoms with E-state index in [1.807, 2.05) is 4.90 Å². The molecule has 2 heterocycles. The summed E-state index contributed by atoms with van der Waals surface area (Å²) >= 11 is 0. The molecule has 0 bridgehead atoms. The molecule has 3 aliphatic rings. The Bertz CT molecular complexity index is 516. The summed E-state index contributed by atoms with van der Waals surface area (Å²) in [6.07, 6.45) is 6.62. The Labute approximate surface area is 148 Å². The number of amides is 2. The molecule has 0 aromatic carbocycles. The van der Waals surface area contributed by atoms with Crippen molar-refractivity contribution in [1.29, 1.82) is 0 Å². The van der Waals surface area contributed by atoms with Crippen LogP contribution >= 0.6 is 0 Å². The zero-order chi connectivity index (χ0) is 17.8. The summed E-state index contributed by atoms with van der Waals surface area (Å²) in [5, 5.41) is 8.90. The molecule has 0 aromatic rings. The van der Waals surface area contributed by atoms with Crippen molar-refractivity contribution in [3.05, 3.63) is 0 Å². The third kappa shape index (κ3) is 4.51. The lowest BCUT2D eigenvalue weighted by atomic mass is 10.1. The molecule has 2 saturated heterocycles. The number of carbonyl (C=O) groups is 3. The van der Waals surface area contributed by atoms with Crippen LogP contribution in [0.15, 0.2) is 0 Å². The number of carboxylic acids is 1. The van der Waals surface area contributed by atoms with Crippen LogP contribution in [0.5, 0.6) is 0 Å². The van der Waals surface area contributed by atoms with Crippen molar-refractivity contribution in [2.24, 2.45) is 5.92 Å². The Kier molecular flexibility index (Phi) is 5.93. The standard InChI is InChI=1S/C18H28N2O5/c21-16-9-13(11-20(16)14-5-3-1-2-4-6-14)18(24)19-7-8-25-15(12-19)10-17(22)23/h13-15H,1-12H2,(H,22,23)/t13-,15-/m0/s1. The summed E-state index contributed by atoms with van der Waals surface area (Å²) < 4.78 is 5.43. The molecule has 3 fully saturated rings. The summed E-state index contributed by atoms with van der Waals surface area (Å²) in [6, 6.07) is 0.289. The van der Waals surface area contributed by atoms with E-state index in [2.05, 4.69) is 0 Å². The van der Waals surface area contributed by atoms with Crippen molar-refractivity contribution >= 4 is 17.8 Å². The van der Waals surface area contributed by atoms with E-state index in [1.165, 1.54) is 12.8 Å². The highest BCUT2D eigenvalue weighted by Gasteiger charge is 2.40. The van der Waals surface area contributed by atoms with Crippen LogP contribution < -0.4 is 0 Å². The van der Waals surface area contributed by atoms with E-state index < -0.39 is 12.1 Å². The Morgan fingerprint density at radius 2 is 1.84 bits per heavy atom. The van der Waals surface area contributed by atoms with Crippen LogP contribution in [0, 0.1) is 5.92 Å². The topological polar surface area (TPSA) is 87.2 Å². The fourth-order valence-corrected chi connectivity index (χ4v) is 4.32. The van der Waals surface area contributed by atoms with E-state index in [0.29, 0.717) is 26.2 Å². The van der Waals surface area contributed by atoms with Crippen LogP contribution in [-0.4, -0.2) is 71.1 Å². The lowest BCUT2D eigenvalue weighted by molar-refractivity contribution is -0.149. The van der Waals surface area contributed by atoms with Gasteiger partial charge in [0.25, 0.3) is 0 Å². The van der Waals surface area contributed by atoms with Gasteiger partial charge >= 0.3 is 5.97 Å². The van der Waals surface area contributed by atoms with Crippen molar-refractivity contribution in [3.8, 4) is 0 Å². The maximum absolute atomic E-state index is 12.8. The molecule has 0 unspecified atom stereocenters. The van der Waals surface area contributed by atoms with Crippen LogP contribution in [0.2, 0.25) is 0 Å². The molecule has 2 aliphatic heterocycles. The smallest absolute Gasteiger partial charge is 0.306 e. The molecule has 25 heavy (non-hydrogen) atoms. The third-order valence-electron chi connectivity index (χ3n) is 5.63. The van der Waals surface area contributed by atoms with E-state index in [0.717, 1.165) is 25.7 Å². The van der Waals surface area contributed by atoms with Crippen LogP contribution in [0.3, 0.4) is 0 Å². The highest BCUT2D eigenvalue weighted by Crippen LogP contribution is 2.29. The second-order valence-corrected chi connectivity index (χ2v) is 7.47. The molecule has 0 spiro atoms. The van der Waals surface area contributed by atoms with Gasteiger partial charge in [-0.2, -0.15) is 0 Å². The molecule has 140 valence electrons. The van der Waals surface area contributed by atoms with Crippen molar-refractivity contribution in [2.45, 2.75) is 63.5 Å². The largest absolute Gasteiger partial charge is 0.481 e. The average Bonchev–Trinajstić information content (AvgIpc) is 2.80. The molecule has 3 rings (SSSR count). The summed E-state index contributed by atoms with van der Waals surface area (Å²) in [6.45, 7) is 1.66. The van der Waals surface area contributed by atoms with Gasteiger partial charge in [0.2, 0.25) is 11.8 Å². The highest BCUT2D eigenvalue weighted by atomic mass is 16.5. The van der Waals surface area contributed by atoms with Crippen LogP contribution in [0.25, 0.3) is 0 Å². The fourth-order valence-electron chi connectivity index (χ4n) is 4.32. The van der Waals surface area contributed by atoms with E-state index in [-0.39, 0.29) is 36.6 Å². The summed E-state index contributed by atoms with van der Waals surface area (Å²) in [5.41, 5.74) is 0. The normalized spacial score (nSPS) is 28.9. The fraction of sp³-hybridized carbons (Fsp3) is 0.833. The third-order valence-corrected chi connectivity index (χ3v) is 5.63. The van der Waals surface area contributed by atoms with Crippen LogP contribution in [-0.2, 0) is 19.1 Å². The average molecular weight is 352 g/mol. The van der Waals surface area contributed by atoms with Gasteiger partial charge in [0.1, 0.15) is 0 Å². The van der Waals surface area contributed by atoms with E-state index in [4.69, 9.17) is 9.84 Å². The Morgan fingerprint density at radius 3 is 2.52 bits per heavy atom. The first-order valence-electron chi connectivity index (χ1n) is 9.46. The zero-order valence-corrected chi connectivity index (χ0v) is 14.7. The molecular weight excluding hydrogens is 324 g/mol. The molecule has 7 heteroatoms.